The molecule has 6 nitrogen and oxygen atoms in total. The van der Waals surface area contributed by atoms with Gasteiger partial charge in [-0.05, 0) is 13.8 Å². The molecule has 0 aliphatic heterocycles. The number of carboxylic acid groups (broad SMARTS) is 1. The van der Waals surface area contributed by atoms with E-state index in [0.29, 0.717) is 0 Å². The van der Waals surface area contributed by atoms with Gasteiger partial charge in [0.1, 0.15) is 6.04 Å². The van der Waals surface area contributed by atoms with Gasteiger partial charge >= 0.3 is 5.97 Å². The lowest BCUT2D eigenvalue weighted by atomic mass is 10.3. The molecule has 0 radical (unpaired) electrons. The lowest BCUT2D eigenvalue weighted by Crippen LogP contribution is -2.45. The van der Waals surface area contributed by atoms with E-state index in [1.807, 2.05) is 0 Å². The largest absolute Gasteiger partial charge is 0.480 e. The van der Waals surface area contributed by atoms with Crippen LogP contribution in [0.25, 0.3) is 0 Å². The van der Waals surface area contributed by atoms with Crippen molar-refractivity contribution in [1.82, 2.24) is 5.32 Å². The molecule has 0 aromatic carbocycles. The SMILES string of the molecule is CC(=O)N[C@@H](CS(=O)(=O)C(C)C)C(=O)O. The van der Waals surface area contributed by atoms with E-state index in [4.69, 9.17) is 5.11 Å². The lowest BCUT2D eigenvalue weighted by molar-refractivity contribution is -0.140. The first kappa shape index (κ1) is 13.9. The molecule has 0 aliphatic carbocycles. The van der Waals surface area contributed by atoms with E-state index >= 15 is 0 Å². The van der Waals surface area contributed by atoms with Gasteiger partial charge in [-0.1, -0.05) is 0 Å². The molecule has 0 unspecified atom stereocenters. The molecule has 1 atom stereocenters. The normalized spacial score (nSPS) is 13.6. The van der Waals surface area contributed by atoms with Crippen molar-refractivity contribution in [3.8, 4) is 0 Å². The van der Waals surface area contributed by atoms with Gasteiger partial charge in [-0.2, -0.15) is 0 Å². The molecule has 0 saturated carbocycles. The third-order valence-corrected chi connectivity index (χ3v) is 4.03. The van der Waals surface area contributed by atoms with Gasteiger partial charge in [-0.15, -0.1) is 0 Å². The van der Waals surface area contributed by atoms with Gasteiger partial charge in [0.25, 0.3) is 0 Å². The van der Waals surface area contributed by atoms with E-state index in [1.165, 1.54) is 13.8 Å². The second-order valence-corrected chi connectivity index (χ2v) is 6.07. The molecule has 1 amide bonds. The van der Waals surface area contributed by atoms with E-state index in [9.17, 15) is 18.0 Å². The Morgan fingerprint density at radius 3 is 2.07 bits per heavy atom. The van der Waals surface area contributed by atoms with Crippen LogP contribution in [0.15, 0.2) is 0 Å². The number of carbonyl (C=O) groups is 2. The molecule has 0 fully saturated rings. The molecule has 0 bridgehead atoms. The van der Waals surface area contributed by atoms with Crippen molar-refractivity contribution in [2.75, 3.05) is 5.75 Å². The Labute approximate surface area is 88.6 Å². The number of hydrogen-bond acceptors (Lipinski definition) is 4. The highest BCUT2D eigenvalue weighted by atomic mass is 32.2. The molecule has 0 aromatic heterocycles. The highest BCUT2D eigenvalue weighted by Gasteiger charge is 2.27. The molecule has 2 N–H and O–H groups in total. The van der Waals surface area contributed by atoms with Crippen molar-refractivity contribution in [3.05, 3.63) is 0 Å². The number of aliphatic carboxylic acids is 1. The summed E-state index contributed by atoms with van der Waals surface area (Å²) in [6, 6.07) is -1.38. The summed E-state index contributed by atoms with van der Waals surface area (Å²) in [6.45, 7) is 4.06. The fourth-order valence-corrected chi connectivity index (χ4v) is 1.92. The number of amides is 1. The summed E-state index contributed by atoms with van der Waals surface area (Å²) in [7, 11) is -3.48. The monoisotopic (exact) mass is 237 g/mol. The molecule has 0 rings (SSSR count). The van der Waals surface area contributed by atoms with Crippen LogP contribution in [-0.2, 0) is 19.4 Å². The Morgan fingerprint density at radius 2 is 1.80 bits per heavy atom. The molecular weight excluding hydrogens is 222 g/mol. The Morgan fingerprint density at radius 1 is 1.33 bits per heavy atom. The number of carboxylic acids is 1. The van der Waals surface area contributed by atoms with Gasteiger partial charge in [-0.25, -0.2) is 13.2 Å². The van der Waals surface area contributed by atoms with Gasteiger partial charge in [-0.3, -0.25) is 4.79 Å². The van der Waals surface area contributed by atoms with Gasteiger partial charge in [0, 0.05) is 6.92 Å². The number of hydrogen-bond donors (Lipinski definition) is 2. The zero-order valence-electron chi connectivity index (χ0n) is 8.85. The predicted molar refractivity (Wildman–Crippen MR) is 54.2 cm³/mol. The first-order chi connectivity index (χ1) is 6.66. The van der Waals surface area contributed by atoms with Crippen LogP contribution in [-0.4, -0.2) is 42.4 Å². The maximum Gasteiger partial charge on any atom is 0.327 e. The molecule has 0 saturated heterocycles. The Hall–Kier alpha value is -1.11. The summed E-state index contributed by atoms with van der Waals surface area (Å²) in [5, 5.41) is 10.1. The van der Waals surface area contributed by atoms with E-state index in [0.717, 1.165) is 6.92 Å². The Balaban J connectivity index is 4.70. The first-order valence-electron chi connectivity index (χ1n) is 4.38. The average Bonchev–Trinajstić information content (AvgIpc) is 2.01. The summed E-state index contributed by atoms with van der Waals surface area (Å²) in [4.78, 5) is 21.3. The minimum absolute atomic E-state index is 0.568. The van der Waals surface area contributed by atoms with Crippen LogP contribution in [0.4, 0.5) is 0 Å². The molecule has 0 aromatic rings. The van der Waals surface area contributed by atoms with E-state index < -0.39 is 38.8 Å². The fourth-order valence-electron chi connectivity index (χ4n) is 0.845. The van der Waals surface area contributed by atoms with Crippen LogP contribution in [0.5, 0.6) is 0 Å². The Kier molecular flexibility index (Phi) is 4.73. The van der Waals surface area contributed by atoms with Gasteiger partial charge in [0.2, 0.25) is 5.91 Å². The van der Waals surface area contributed by atoms with E-state index in [1.54, 1.807) is 0 Å². The highest BCUT2D eigenvalue weighted by molar-refractivity contribution is 7.92. The second kappa shape index (κ2) is 5.11. The van der Waals surface area contributed by atoms with E-state index in [2.05, 4.69) is 5.32 Å². The third kappa shape index (κ3) is 4.78. The maximum atomic E-state index is 11.4. The van der Waals surface area contributed by atoms with Crippen LogP contribution in [0.3, 0.4) is 0 Å². The molecule has 0 heterocycles. The lowest BCUT2D eigenvalue weighted by Gasteiger charge is -2.15. The van der Waals surface area contributed by atoms with Crippen LogP contribution in [0.2, 0.25) is 0 Å². The molecular formula is C8H15NO5S. The number of carbonyl (C=O) groups excluding carboxylic acids is 1. The summed E-state index contributed by atoms with van der Waals surface area (Å²) in [6.07, 6.45) is 0. The highest BCUT2D eigenvalue weighted by Crippen LogP contribution is 2.03. The topological polar surface area (TPSA) is 101 Å². The van der Waals surface area contributed by atoms with Gasteiger partial charge < -0.3 is 10.4 Å². The van der Waals surface area contributed by atoms with Crippen molar-refractivity contribution in [1.29, 1.82) is 0 Å². The van der Waals surface area contributed by atoms with E-state index in [-0.39, 0.29) is 0 Å². The number of sulfone groups is 1. The smallest absolute Gasteiger partial charge is 0.327 e. The van der Waals surface area contributed by atoms with Crippen LogP contribution < -0.4 is 5.32 Å². The first-order valence-corrected chi connectivity index (χ1v) is 6.10. The predicted octanol–water partition coefficient (Wildman–Crippen LogP) is -0.601. The van der Waals surface area contributed by atoms with Crippen LogP contribution in [0, 0.1) is 0 Å². The summed E-state index contributed by atoms with van der Waals surface area (Å²) in [5.74, 6) is -2.50. The standard InChI is InChI=1S/C8H15NO5S/c1-5(2)15(13,14)4-7(8(11)12)9-6(3)10/h5,7H,4H2,1-3H3,(H,9,10)(H,11,12)/t7-/m0/s1. The number of nitrogens with one attached hydrogen (secondary N) is 1. The van der Waals surface area contributed by atoms with Crippen LogP contribution >= 0.6 is 0 Å². The minimum atomic E-state index is -3.48. The van der Waals surface area contributed by atoms with Crippen molar-refractivity contribution in [3.63, 3.8) is 0 Å². The van der Waals surface area contributed by atoms with Gasteiger partial charge in [0.15, 0.2) is 9.84 Å². The molecule has 7 heteroatoms. The number of rotatable bonds is 5. The van der Waals surface area contributed by atoms with Crippen molar-refractivity contribution < 1.29 is 23.1 Å². The van der Waals surface area contributed by atoms with Crippen molar-refractivity contribution >= 4 is 21.7 Å². The van der Waals surface area contributed by atoms with Gasteiger partial charge in [0.05, 0.1) is 11.0 Å². The molecule has 15 heavy (non-hydrogen) atoms. The van der Waals surface area contributed by atoms with Crippen molar-refractivity contribution in [2.45, 2.75) is 32.1 Å². The summed E-state index contributed by atoms with van der Waals surface area (Å²) in [5.41, 5.74) is 0. The van der Waals surface area contributed by atoms with Crippen molar-refractivity contribution in [2.24, 2.45) is 0 Å². The quantitative estimate of drug-likeness (QED) is 0.665. The average molecular weight is 237 g/mol. The molecule has 0 spiro atoms. The molecule has 0 aliphatic rings. The fraction of sp³-hybridized carbons (Fsp3) is 0.750. The van der Waals surface area contributed by atoms with Crippen LogP contribution in [0.1, 0.15) is 20.8 Å². The summed E-state index contributed by atoms with van der Waals surface area (Å²) < 4.78 is 22.8. The molecule has 88 valence electrons. The zero-order valence-corrected chi connectivity index (χ0v) is 9.67. The summed E-state index contributed by atoms with van der Waals surface area (Å²) >= 11 is 0. The zero-order chi connectivity index (χ0) is 12.2. The third-order valence-electron chi connectivity index (χ3n) is 1.79. The second-order valence-electron chi connectivity index (χ2n) is 3.47. The maximum absolute atomic E-state index is 11.4. The Bertz CT molecular complexity index is 346. The minimum Gasteiger partial charge on any atom is -0.480 e.